The van der Waals surface area contributed by atoms with E-state index in [9.17, 15) is 14.4 Å². The number of hydrogen-bond acceptors (Lipinski definition) is 5. The smallest absolute Gasteiger partial charge is 0.274 e. The van der Waals surface area contributed by atoms with Crippen LogP contribution in [0.4, 0.5) is 0 Å². The molecule has 2 aliphatic rings. The number of aromatic nitrogens is 2. The lowest BCUT2D eigenvalue weighted by Crippen LogP contribution is -2.64. The first-order valence-corrected chi connectivity index (χ1v) is 12.4. The van der Waals surface area contributed by atoms with E-state index in [1.54, 1.807) is 23.5 Å². The Morgan fingerprint density at radius 1 is 1.03 bits per heavy atom. The van der Waals surface area contributed by atoms with E-state index >= 15 is 0 Å². The number of fused-ring (bicyclic) bond motifs is 1. The van der Waals surface area contributed by atoms with Crippen LogP contribution in [0.3, 0.4) is 0 Å². The lowest BCUT2D eigenvalue weighted by Gasteiger charge is -2.44. The van der Waals surface area contributed by atoms with Crippen molar-refractivity contribution < 1.29 is 19.1 Å². The lowest BCUT2D eigenvalue weighted by atomic mass is 9.93. The zero-order valence-corrected chi connectivity index (χ0v) is 21.3. The predicted molar refractivity (Wildman–Crippen MR) is 137 cm³/mol. The largest absolute Gasteiger partial charge is 0.497 e. The van der Waals surface area contributed by atoms with E-state index in [4.69, 9.17) is 4.74 Å². The van der Waals surface area contributed by atoms with E-state index in [1.807, 2.05) is 55.5 Å². The monoisotopic (exact) mass is 501 g/mol. The summed E-state index contributed by atoms with van der Waals surface area (Å²) in [6, 6.07) is 15.3. The van der Waals surface area contributed by atoms with Gasteiger partial charge in [0.1, 0.15) is 17.0 Å². The van der Waals surface area contributed by atoms with Gasteiger partial charge >= 0.3 is 0 Å². The Bertz CT molecular complexity index is 1330. The van der Waals surface area contributed by atoms with E-state index in [1.165, 1.54) is 6.33 Å². The molecule has 0 saturated heterocycles. The Labute approximate surface area is 215 Å². The van der Waals surface area contributed by atoms with Crippen molar-refractivity contribution in [1.29, 1.82) is 0 Å². The van der Waals surface area contributed by atoms with Crippen LogP contribution in [-0.4, -0.2) is 50.9 Å². The summed E-state index contributed by atoms with van der Waals surface area (Å²) in [6.45, 7) is 4.69. The summed E-state index contributed by atoms with van der Waals surface area (Å²) in [7, 11) is 1.60. The predicted octanol–water partition coefficient (Wildman–Crippen LogP) is 2.82. The quantitative estimate of drug-likeness (QED) is 0.494. The summed E-state index contributed by atoms with van der Waals surface area (Å²) in [5.41, 5.74) is 2.24. The zero-order chi connectivity index (χ0) is 26.2. The Balaban J connectivity index is 1.33. The number of methoxy groups -OCH3 is 1. The van der Waals surface area contributed by atoms with E-state index in [0.29, 0.717) is 6.54 Å². The minimum absolute atomic E-state index is 0.0264. The maximum atomic E-state index is 13.8. The normalized spacial score (nSPS) is 18.8. The van der Waals surface area contributed by atoms with Gasteiger partial charge < -0.3 is 24.8 Å². The van der Waals surface area contributed by atoms with Crippen molar-refractivity contribution in [1.82, 2.24) is 25.1 Å². The fourth-order valence-electron chi connectivity index (χ4n) is 4.81. The van der Waals surface area contributed by atoms with Crippen LogP contribution in [0.1, 0.15) is 57.4 Å². The first-order chi connectivity index (χ1) is 17.8. The molecule has 37 heavy (non-hydrogen) atoms. The highest BCUT2D eigenvalue weighted by molar-refractivity contribution is 6.07. The molecule has 1 fully saturated rings. The molecule has 1 saturated carbocycles. The van der Waals surface area contributed by atoms with Crippen molar-refractivity contribution in [3.05, 3.63) is 82.9 Å². The van der Waals surface area contributed by atoms with Crippen LogP contribution in [0.25, 0.3) is 0 Å². The van der Waals surface area contributed by atoms with Gasteiger partial charge in [0.2, 0.25) is 5.91 Å². The summed E-state index contributed by atoms with van der Waals surface area (Å²) in [5.74, 6) is -0.261. The fraction of sp³-hybridized carbons (Fsp3) is 0.357. The van der Waals surface area contributed by atoms with Crippen LogP contribution in [0.5, 0.6) is 5.75 Å². The highest BCUT2D eigenvalue weighted by Crippen LogP contribution is 2.38. The van der Waals surface area contributed by atoms with Crippen molar-refractivity contribution >= 4 is 17.7 Å². The Morgan fingerprint density at radius 2 is 1.65 bits per heavy atom. The first-order valence-electron chi connectivity index (χ1n) is 12.4. The molecule has 2 aromatic carbocycles. The molecule has 2 N–H and O–H groups in total. The summed E-state index contributed by atoms with van der Waals surface area (Å²) in [5, 5.41) is 5.86. The number of hydrogen-bond donors (Lipinski definition) is 2. The number of nitrogens with one attached hydrogen (secondary N) is 2. The number of carbonyl (C=O) groups excluding carboxylic acids is 3. The van der Waals surface area contributed by atoms with Crippen LogP contribution >= 0.6 is 0 Å². The summed E-state index contributed by atoms with van der Waals surface area (Å²) < 4.78 is 6.80. The third-order valence-electron chi connectivity index (χ3n) is 7.07. The van der Waals surface area contributed by atoms with Gasteiger partial charge in [-0.1, -0.05) is 42.0 Å². The number of aryl methyl sites for hydroxylation is 1. The molecule has 5 rings (SSSR count). The molecule has 0 spiro atoms. The molecule has 0 bridgehead atoms. The first kappa shape index (κ1) is 24.5. The minimum Gasteiger partial charge on any atom is -0.497 e. The molecule has 0 radical (unpaired) electrons. The van der Waals surface area contributed by atoms with Gasteiger partial charge in [0.25, 0.3) is 11.8 Å². The van der Waals surface area contributed by atoms with Crippen molar-refractivity contribution in [3.63, 3.8) is 0 Å². The van der Waals surface area contributed by atoms with Crippen molar-refractivity contribution in [2.24, 2.45) is 0 Å². The lowest BCUT2D eigenvalue weighted by molar-refractivity contribution is -0.133. The molecule has 9 heteroatoms. The molecular weight excluding hydrogens is 470 g/mol. The van der Waals surface area contributed by atoms with Gasteiger partial charge in [0.05, 0.1) is 20.0 Å². The summed E-state index contributed by atoms with van der Waals surface area (Å²) in [6.07, 6.45) is 3.14. The molecule has 1 aliphatic heterocycles. The van der Waals surface area contributed by atoms with Gasteiger partial charge in [-0.25, -0.2) is 4.98 Å². The molecule has 1 atom stereocenters. The number of benzene rings is 2. The molecule has 3 amide bonds. The van der Waals surface area contributed by atoms with Crippen LogP contribution in [0.2, 0.25) is 0 Å². The average molecular weight is 502 g/mol. The highest BCUT2D eigenvalue weighted by Gasteiger charge is 2.53. The Kier molecular flexibility index (Phi) is 6.45. The van der Waals surface area contributed by atoms with Gasteiger partial charge in [-0.3, -0.25) is 14.4 Å². The van der Waals surface area contributed by atoms with Gasteiger partial charge in [-0.15, -0.1) is 0 Å². The molecule has 1 aromatic heterocycles. The number of imidazole rings is 1. The van der Waals surface area contributed by atoms with E-state index < -0.39 is 11.4 Å². The Morgan fingerprint density at radius 3 is 2.27 bits per heavy atom. The number of ether oxygens (including phenoxy) is 1. The Hall–Kier alpha value is -4.14. The van der Waals surface area contributed by atoms with Crippen LogP contribution in [0, 0.1) is 6.92 Å². The molecule has 192 valence electrons. The third-order valence-corrected chi connectivity index (χ3v) is 7.07. The van der Waals surface area contributed by atoms with Crippen LogP contribution in [0.15, 0.2) is 54.9 Å². The van der Waals surface area contributed by atoms with E-state index in [-0.39, 0.29) is 42.3 Å². The SMILES string of the molecule is COc1ccc(CNC(=O)c2ncn3c2C(=O)N(C2CC2)C(C)(C(=O)NCc2ccc(C)cc2)C3)cc1. The zero-order valence-electron chi connectivity index (χ0n) is 21.3. The van der Waals surface area contributed by atoms with Gasteiger partial charge in [-0.05, 0) is 49.9 Å². The molecule has 1 unspecified atom stereocenters. The van der Waals surface area contributed by atoms with E-state index in [2.05, 4.69) is 15.6 Å². The number of amides is 3. The second-order valence-electron chi connectivity index (χ2n) is 9.95. The second-order valence-corrected chi connectivity index (χ2v) is 9.95. The van der Waals surface area contributed by atoms with Crippen LogP contribution < -0.4 is 15.4 Å². The van der Waals surface area contributed by atoms with Gasteiger partial charge in [0.15, 0.2) is 5.69 Å². The van der Waals surface area contributed by atoms with Crippen molar-refractivity contribution in [3.8, 4) is 5.75 Å². The fourth-order valence-corrected chi connectivity index (χ4v) is 4.81. The topological polar surface area (TPSA) is 106 Å². The highest BCUT2D eigenvalue weighted by atomic mass is 16.5. The maximum absolute atomic E-state index is 13.8. The molecule has 1 aliphatic carbocycles. The van der Waals surface area contributed by atoms with Crippen molar-refractivity contribution in [2.75, 3.05) is 7.11 Å². The third kappa shape index (κ3) is 4.81. The van der Waals surface area contributed by atoms with Gasteiger partial charge in [0, 0.05) is 19.1 Å². The van der Waals surface area contributed by atoms with Crippen molar-refractivity contribution in [2.45, 2.75) is 57.9 Å². The van der Waals surface area contributed by atoms with E-state index in [0.717, 1.165) is 35.3 Å². The molecular formula is C28H31N5O4. The molecule has 2 heterocycles. The van der Waals surface area contributed by atoms with Crippen LogP contribution in [-0.2, 0) is 24.4 Å². The number of nitrogens with zero attached hydrogens (tertiary/aromatic N) is 3. The second kappa shape index (κ2) is 9.72. The number of rotatable bonds is 8. The molecule has 3 aromatic rings. The minimum atomic E-state index is -1.09. The average Bonchev–Trinajstić information content (AvgIpc) is 3.64. The molecule has 9 nitrogen and oxygen atoms in total. The summed E-state index contributed by atoms with van der Waals surface area (Å²) in [4.78, 5) is 46.2. The summed E-state index contributed by atoms with van der Waals surface area (Å²) >= 11 is 0. The number of carbonyl (C=O) groups is 3. The van der Waals surface area contributed by atoms with Gasteiger partial charge in [-0.2, -0.15) is 0 Å². The maximum Gasteiger partial charge on any atom is 0.274 e. The standard InChI is InChI=1S/C28H31N5O4/c1-18-4-6-19(7-5-18)15-30-27(36)28(2)16-32-17-31-23(24(32)26(35)33(28)21-10-11-21)25(34)29-14-20-8-12-22(37-3)13-9-20/h4-9,12-13,17,21H,10-11,14-16H2,1-3H3,(H,29,34)(H,30,36).